The molecule has 2 aliphatic carbocycles. The number of hydrogen-bond acceptors (Lipinski definition) is 1. The van der Waals surface area contributed by atoms with Gasteiger partial charge < -0.3 is 10.2 Å². The SMILES string of the molecule is CCN(C(=S)NC1CCCC1)C1CCCC1. The van der Waals surface area contributed by atoms with E-state index in [0.717, 1.165) is 11.7 Å². The second-order valence-corrected chi connectivity index (χ2v) is 5.54. The number of thiocarbonyl (C=S) groups is 1. The van der Waals surface area contributed by atoms with Gasteiger partial charge in [-0.15, -0.1) is 0 Å². The van der Waals surface area contributed by atoms with Gasteiger partial charge in [-0.2, -0.15) is 0 Å². The van der Waals surface area contributed by atoms with E-state index in [-0.39, 0.29) is 0 Å². The number of rotatable bonds is 3. The second kappa shape index (κ2) is 5.85. The molecule has 3 heteroatoms. The zero-order valence-electron chi connectivity index (χ0n) is 10.4. The molecule has 2 rings (SSSR count). The molecular weight excluding hydrogens is 216 g/mol. The van der Waals surface area contributed by atoms with Crippen LogP contribution in [0.15, 0.2) is 0 Å². The first-order chi connectivity index (χ1) is 7.81. The van der Waals surface area contributed by atoms with E-state index in [2.05, 4.69) is 17.1 Å². The zero-order valence-corrected chi connectivity index (χ0v) is 11.2. The molecule has 0 unspecified atom stereocenters. The summed E-state index contributed by atoms with van der Waals surface area (Å²) in [4.78, 5) is 2.42. The highest BCUT2D eigenvalue weighted by molar-refractivity contribution is 7.80. The van der Waals surface area contributed by atoms with Gasteiger partial charge in [-0.1, -0.05) is 25.7 Å². The number of nitrogens with one attached hydrogen (secondary N) is 1. The molecular formula is C13H24N2S. The van der Waals surface area contributed by atoms with Crippen molar-refractivity contribution in [2.24, 2.45) is 0 Å². The molecule has 0 heterocycles. The van der Waals surface area contributed by atoms with E-state index in [1.54, 1.807) is 0 Å². The summed E-state index contributed by atoms with van der Waals surface area (Å²) in [6.07, 6.45) is 10.8. The van der Waals surface area contributed by atoms with Crippen molar-refractivity contribution >= 4 is 17.3 Å². The summed E-state index contributed by atoms with van der Waals surface area (Å²) in [6.45, 7) is 3.28. The molecule has 0 radical (unpaired) electrons. The Morgan fingerprint density at radius 1 is 1.12 bits per heavy atom. The first-order valence-corrected chi connectivity index (χ1v) is 7.29. The average Bonchev–Trinajstić information content (AvgIpc) is 2.91. The summed E-state index contributed by atoms with van der Waals surface area (Å²) in [5.74, 6) is 0. The van der Waals surface area contributed by atoms with Gasteiger partial charge in [0.2, 0.25) is 0 Å². The summed E-state index contributed by atoms with van der Waals surface area (Å²) in [5, 5.41) is 4.58. The molecule has 0 aromatic heterocycles. The molecule has 92 valence electrons. The van der Waals surface area contributed by atoms with E-state index in [4.69, 9.17) is 12.2 Å². The van der Waals surface area contributed by atoms with Crippen LogP contribution in [0.2, 0.25) is 0 Å². The van der Waals surface area contributed by atoms with Gasteiger partial charge >= 0.3 is 0 Å². The first kappa shape index (κ1) is 12.2. The minimum Gasteiger partial charge on any atom is -0.360 e. The average molecular weight is 240 g/mol. The largest absolute Gasteiger partial charge is 0.360 e. The lowest BCUT2D eigenvalue weighted by atomic mass is 10.2. The summed E-state index contributed by atoms with van der Waals surface area (Å²) >= 11 is 5.56. The van der Waals surface area contributed by atoms with Crippen molar-refractivity contribution in [1.82, 2.24) is 10.2 Å². The van der Waals surface area contributed by atoms with Gasteiger partial charge in [-0.3, -0.25) is 0 Å². The third-order valence-electron chi connectivity index (χ3n) is 4.05. The third kappa shape index (κ3) is 2.88. The minimum atomic E-state index is 0.656. The Morgan fingerprint density at radius 3 is 2.25 bits per heavy atom. The van der Waals surface area contributed by atoms with Gasteiger partial charge in [-0.05, 0) is 44.8 Å². The standard InChI is InChI=1S/C13H24N2S/c1-2-15(12-9-5-6-10-12)13(16)14-11-7-3-4-8-11/h11-12H,2-10H2,1H3,(H,14,16). The number of hydrogen-bond donors (Lipinski definition) is 1. The van der Waals surface area contributed by atoms with Crippen molar-refractivity contribution in [2.45, 2.75) is 70.4 Å². The van der Waals surface area contributed by atoms with E-state index in [9.17, 15) is 0 Å². The first-order valence-electron chi connectivity index (χ1n) is 6.88. The van der Waals surface area contributed by atoms with Crippen molar-refractivity contribution in [3.63, 3.8) is 0 Å². The van der Waals surface area contributed by atoms with Crippen LogP contribution in [-0.2, 0) is 0 Å². The zero-order chi connectivity index (χ0) is 11.4. The predicted octanol–water partition coefficient (Wildman–Crippen LogP) is 3.07. The maximum Gasteiger partial charge on any atom is 0.169 e. The molecule has 2 fully saturated rings. The highest BCUT2D eigenvalue weighted by atomic mass is 32.1. The highest BCUT2D eigenvalue weighted by Gasteiger charge is 2.25. The lowest BCUT2D eigenvalue weighted by molar-refractivity contribution is 0.320. The molecule has 0 atom stereocenters. The van der Waals surface area contributed by atoms with Gasteiger partial charge in [0.1, 0.15) is 0 Å². The maximum atomic E-state index is 5.56. The predicted molar refractivity (Wildman–Crippen MR) is 72.6 cm³/mol. The molecule has 2 saturated carbocycles. The van der Waals surface area contributed by atoms with E-state index in [1.807, 2.05) is 0 Å². The smallest absolute Gasteiger partial charge is 0.169 e. The molecule has 0 spiro atoms. The molecule has 16 heavy (non-hydrogen) atoms. The minimum absolute atomic E-state index is 0.656. The molecule has 0 amide bonds. The van der Waals surface area contributed by atoms with Gasteiger partial charge in [0.05, 0.1) is 0 Å². The summed E-state index contributed by atoms with van der Waals surface area (Å²) in [7, 11) is 0. The highest BCUT2D eigenvalue weighted by Crippen LogP contribution is 2.24. The Morgan fingerprint density at radius 2 is 1.69 bits per heavy atom. The van der Waals surface area contributed by atoms with Crippen molar-refractivity contribution < 1.29 is 0 Å². The fraction of sp³-hybridized carbons (Fsp3) is 0.923. The van der Waals surface area contributed by atoms with Crippen molar-refractivity contribution in [2.75, 3.05) is 6.54 Å². The van der Waals surface area contributed by atoms with Gasteiger partial charge in [-0.25, -0.2) is 0 Å². The lowest BCUT2D eigenvalue weighted by Gasteiger charge is -2.32. The monoisotopic (exact) mass is 240 g/mol. The Bertz CT molecular complexity index is 230. The Hall–Kier alpha value is -0.310. The lowest BCUT2D eigenvalue weighted by Crippen LogP contribution is -2.47. The molecule has 2 nitrogen and oxygen atoms in total. The Kier molecular flexibility index (Phi) is 4.45. The van der Waals surface area contributed by atoms with Crippen LogP contribution in [0.3, 0.4) is 0 Å². The maximum absolute atomic E-state index is 5.56. The van der Waals surface area contributed by atoms with Crippen molar-refractivity contribution in [3.8, 4) is 0 Å². The van der Waals surface area contributed by atoms with Crippen LogP contribution in [0.25, 0.3) is 0 Å². The van der Waals surface area contributed by atoms with E-state index < -0.39 is 0 Å². The van der Waals surface area contributed by atoms with E-state index >= 15 is 0 Å². The van der Waals surface area contributed by atoms with Gasteiger partial charge in [0.15, 0.2) is 5.11 Å². The second-order valence-electron chi connectivity index (χ2n) is 5.16. The van der Waals surface area contributed by atoms with Gasteiger partial charge in [0, 0.05) is 18.6 Å². The number of nitrogens with zero attached hydrogens (tertiary/aromatic N) is 1. The van der Waals surface area contributed by atoms with Crippen molar-refractivity contribution in [1.29, 1.82) is 0 Å². The van der Waals surface area contributed by atoms with Crippen LogP contribution in [0.1, 0.15) is 58.3 Å². The molecule has 2 aliphatic rings. The van der Waals surface area contributed by atoms with E-state index in [1.165, 1.54) is 51.4 Å². The fourth-order valence-corrected chi connectivity index (χ4v) is 3.56. The molecule has 0 saturated heterocycles. The van der Waals surface area contributed by atoms with Crippen LogP contribution < -0.4 is 5.32 Å². The van der Waals surface area contributed by atoms with Gasteiger partial charge in [0.25, 0.3) is 0 Å². The van der Waals surface area contributed by atoms with E-state index in [0.29, 0.717) is 12.1 Å². The molecule has 0 bridgehead atoms. The molecule has 0 aromatic rings. The molecule has 0 aromatic carbocycles. The van der Waals surface area contributed by atoms with Crippen LogP contribution in [-0.4, -0.2) is 28.6 Å². The van der Waals surface area contributed by atoms with Crippen LogP contribution in [0.4, 0.5) is 0 Å². The third-order valence-corrected chi connectivity index (χ3v) is 4.40. The van der Waals surface area contributed by atoms with Crippen LogP contribution >= 0.6 is 12.2 Å². The summed E-state index contributed by atoms with van der Waals surface area (Å²) in [6, 6.07) is 1.37. The summed E-state index contributed by atoms with van der Waals surface area (Å²) in [5.41, 5.74) is 0. The van der Waals surface area contributed by atoms with Crippen LogP contribution in [0, 0.1) is 0 Å². The Labute approximate surface area is 105 Å². The normalized spacial score (nSPS) is 22.6. The van der Waals surface area contributed by atoms with Crippen molar-refractivity contribution in [3.05, 3.63) is 0 Å². The molecule has 1 N–H and O–H groups in total. The van der Waals surface area contributed by atoms with Crippen LogP contribution in [0.5, 0.6) is 0 Å². The summed E-state index contributed by atoms with van der Waals surface area (Å²) < 4.78 is 0. The topological polar surface area (TPSA) is 15.3 Å². The Balaban J connectivity index is 1.84. The fourth-order valence-electron chi connectivity index (χ4n) is 3.11. The molecule has 0 aliphatic heterocycles. The quantitative estimate of drug-likeness (QED) is 0.763.